The number of rotatable bonds is 4. The molecule has 22 heavy (non-hydrogen) atoms. The van der Waals surface area contributed by atoms with Gasteiger partial charge in [0.2, 0.25) is 0 Å². The molecule has 0 heterocycles. The van der Waals surface area contributed by atoms with Crippen molar-refractivity contribution in [2.75, 3.05) is 11.8 Å². The van der Waals surface area contributed by atoms with Crippen LogP contribution in [0.25, 0.3) is 0 Å². The van der Waals surface area contributed by atoms with Crippen LogP contribution in [0, 0.1) is 5.82 Å². The minimum atomic E-state index is -4.00. The van der Waals surface area contributed by atoms with Gasteiger partial charge in [0, 0.05) is 5.02 Å². The van der Waals surface area contributed by atoms with E-state index in [0.717, 1.165) is 12.1 Å². The number of sulfonamides is 1. The summed E-state index contributed by atoms with van der Waals surface area (Å²) in [6, 6.07) is 8.56. The van der Waals surface area contributed by atoms with Crippen molar-refractivity contribution in [3.63, 3.8) is 0 Å². The molecule has 0 radical (unpaired) electrons. The molecule has 116 valence electrons. The van der Waals surface area contributed by atoms with Crippen LogP contribution in [-0.4, -0.2) is 21.5 Å². The van der Waals surface area contributed by atoms with Crippen molar-refractivity contribution < 1.29 is 22.3 Å². The molecule has 0 aromatic heterocycles. The van der Waals surface area contributed by atoms with Crippen LogP contribution in [0.4, 0.5) is 10.1 Å². The zero-order chi connectivity index (χ0) is 16.3. The summed E-state index contributed by atoms with van der Waals surface area (Å²) in [4.78, 5) is 11.2. The summed E-state index contributed by atoms with van der Waals surface area (Å²) < 4.78 is 44.6. The summed E-state index contributed by atoms with van der Waals surface area (Å²) in [6.45, 7) is 0. The SMILES string of the molecule is COC(=O)c1ccc(S(=O)(=O)Nc2cc(Cl)ccc2F)cc1. The number of hydrogen-bond donors (Lipinski definition) is 1. The molecule has 0 aliphatic heterocycles. The van der Waals surface area contributed by atoms with E-state index in [1.165, 1.54) is 37.4 Å². The largest absolute Gasteiger partial charge is 0.465 e. The molecule has 0 saturated carbocycles. The first-order valence-corrected chi connectivity index (χ1v) is 7.86. The van der Waals surface area contributed by atoms with Gasteiger partial charge in [-0.1, -0.05) is 11.6 Å². The van der Waals surface area contributed by atoms with Gasteiger partial charge < -0.3 is 4.74 Å². The lowest BCUT2D eigenvalue weighted by Crippen LogP contribution is -2.14. The number of methoxy groups -OCH3 is 1. The number of carbonyl (C=O) groups is 1. The third-order valence-electron chi connectivity index (χ3n) is 2.76. The Labute approximate surface area is 131 Å². The Morgan fingerprint density at radius 1 is 1.18 bits per heavy atom. The summed E-state index contributed by atoms with van der Waals surface area (Å²) in [6.07, 6.45) is 0. The van der Waals surface area contributed by atoms with Crippen molar-refractivity contribution in [3.8, 4) is 0 Å². The number of anilines is 1. The van der Waals surface area contributed by atoms with E-state index in [4.69, 9.17) is 11.6 Å². The average molecular weight is 344 g/mol. The van der Waals surface area contributed by atoms with Gasteiger partial charge in [-0.05, 0) is 42.5 Å². The molecule has 0 aliphatic carbocycles. The molecule has 0 amide bonds. The number of ether oxygens (including phenoxy) is 1. The van der Waals surface area contributed by atoms with Gasteiger partial charge in [0.25, 0.3) is 10.0 Å². The molecule has 0 atom stereocenters. The highest BCUT2D eigenvalue weighted by molar-refractivity contribution is 7.92. The third kappa shape index (κ3) is 3.55. The second-order valence-corrected chi connectivity index (χ2v) is 6.36. The molecule has 0 fully saturated rings. The Hall–Kier alpha value is -2.12. The molecule has 0 aliphatic rings. The van der Waals surface area contributed by atoms with Gasteiger partial charge in [-0.3, -0.25) is 4.72 Å². The zero-order valence-corrected chi connectivity index (χ0v) is 12.9. The van der Waals surface area contributed by atoms with Crippen molar-refractivity contribution >= 4 is 33.3 Å². The van der Waals surface area contributed by atoms with Crippen LogP contribution in [0.5, 0.6) is 0 Å². The number of carbonyl (C=O) groups excluding carboxylic acids is 1. The van der Waals surface area contributed by atoms with Gasteiger partial charge >= 0.3 is 5.97 Å². The van der Waals surface area contributed by atoms with Crippen molar-refractivity contribution in [1.29, 1.82) is 0 Å². The highest BCUT2D eigenvalue weighted by Gasteiger charge is 2.17. The number of nitrogens with one attached hydrogen (secondary N) is 1. The Bertz CT molecular complexity index is 806. The van der Waals surface area contributed by atoms with Crippen LogP contribution in [0.3, 0.4) is 0 Å². The van der Waals surface area contributed by atoms with Gasteiger partial charge in [0.05, 0.1) is 23.3 Å². The maximum Gasteiger partial charge on any atom is 0.337 e. The highest BCUT2D eigenvalue weighted by Crippen LogP contribution is 2.23. The summed E-state index contributed by atoms with van der Waals surface area (Å²) in [5.74, 6) is -1.34. The maximum atomic E-state index is 13.6. The molecular formula is C14H11ClFNO4S. The van der Waals surface area contributed by atoms with Crippen LogP contribution in [0.2, 0.25) is 5.02 Å². The molecule has 5 nitrogen and oxygen atoms in total. The number of benzene rings is 2. The smallest absolute Gasteiger partial charge is 0.337 e. The lowest BCUT2D eigenvalue weighted by Gasteiger charge is -2.09. The van der Waals surface area contributed by atoms with Gasteiger partial charge in [-0.25, -0.2) is 17.6 Å². The first kappa shape index (κ1) is 16.3. The van der Waals surface area contributed by atoms with E-state index < -0.39 is 21.8 Å². The Morgan fingerprint density at radius 2 is 1.82 bits per heavy atom. The van der Waals surface area contributed by atoms with E-state index in [0.29, 0.717) is 0 Å². The van der Waals surface area contributed by atoms with E-state index in [1.54, 1.807) is 0 Å². The molecule has 0 unspecified atom stereocenters. The van der Waals surface area contributed by atoms with Crippen LogP contribution < -0.4 is 4.72 Å². The summed E-state index contributed by atoms with van der Waals surface area (Å²) >= 11 is 5.71. The van der Waals surface area contributed by atoms with Crippen LogP contribution in [-0.2, 0) is 14.8 Å². The lowest BCUT2D eigenvalue weighted by atomic mass is 10.2. The topological polar surface area (TPSA) is 72.5 Å². The van der Waals surface area contributed by atoms with Crippen molar-refractivity contribution in [2.24, 2.45) is 0 Å². The summed E-state index contributed by atoms with van der Waals surface area (Å²) in [7, 11) is -2.78. The molecular weight excluding hydrogens is 333 g/mol. The quantitative estimate of drug-likeness (QED) is 0.866. The number of hydrogen-bond acceptors (Lipinski definition) is 4. The zero-order valence-electron chi connectivity index (χ0n) is 11.3. The first-order valence-electron chi connectivity index (χ1n) is 6.00. The minimum absolute atomic E-state index is 0.125. The van der Waals surface area contributed by atoms with Crippen LogP contribution in [0.15, 0.2) is 47.4 Å². The normalized spacial score (nSPS) is 11.0. The van der Waals surface area contributed by atoms with Crippen LogP contribution >= 0.6 is 11.6 Å². The molecule has 1 N–H and O–H groups in total. The van der Waals surface area contributed by atoms with Crippen molar-refractivity contribution in [2.45, 2.75) is 4.90 Å². The van der Waals surface area contributed by atoms with E-state index >= 15 is 0 Å². The van der Waals surface area contributed by atoms with E-state index in [2.05, 4.69) is 9.46 Å². The van der Waals surface area contributed by atoms with Gasteiger partial charge in [0.1, 0.15) is 5.82 Å². The second kappa shape index (κ2) is 6.33. The Kier molecular flexibility index (Phi) is 4.68. The monoisotopic (exact) mass is 343 g/mol. The van der Waals surface area contributed by atoms with Crippen molar-refractivity contribution in [1.82, 2.24) is 0 Å². The maximum absolute atomic E-state index is 13.6. The fourth-order valence-corrected chi connectivity index (χ4v) is 2.90. The van der Waals surface area contributed by atoms with Crippen molar-refractivity contribution in [3.05, 3.63) is 58.9 Å². The third-order valence-corrected chi connectivity index (χ3v) is 4.37. The predicted octanol–water partition coefficient (Wildman–Crippen LogP) is 3.07. The number of halogens is 2. The summed E-state index contributed by atoms with van der Waals surface area (Å²) in [5, 5.41) is 0.195. The Balaban J connectivity index is 2.30. The molecule has 0 spiro atoms. The van der Waals surface area contributed by atoms with E-state index in [-0.39, 0.29) is 21.2 Å². The standard InChI is InChI=1S/C14H11ClFNO4S/c1-21-14(18)9-2-5-11(6-3-9)22(19,20)17-13-8-10(15)4-7-12(13)16/h2-8,17H,1H3. The molecule has 2 rings (SSSR count). The van der Waals surface area contributed by atoms with Gasteiger partial charge in [-0.15, -0.1) is 0 Å². The molecule has 2 aromatic rings. The molecule has 8 heteroatoms. The summed E-state index contributed by atoms with van der Waals surface area (Å²) in [5.41, 5.74) is -0.0556. The fraction of sp³-hybridized carbons (Fsp3) is 0.0714. The van der Waals surface area contributed by atoms with Gasteiger partial charge in [0.15, 0.2) is 0 Å². The highest BCUT2D eigenvalue weighted by atomic mass is 35.5. The van der Waals surface area contributed by atoms with E-state index in [1.807, 2.05) is 0 Å². The fourth-order valence-electron chi connectivity index (χ4n) is 1.67. The molecule has 2 aromatic carbocycles. The second-order valence-electron chi connectivity index (χ2n) is 4.25. The molecule has 0 bridgehead atoms. The Morgan fingerprint density at radius 3 is 2.41 bits per heavy atom. The van der Waals surface area contributed by atoms with Gasteiger partial charge in [-0.2, -0.15) is 0 Å². The minimum Gasteiger partial charge on any atom is -0.465 e. The lowest BCUT2D eigenvalue weighted by molar-refractivity contribution is 0.0600. The first-order chi connectivity index (χ1) is 10.3. The average Bonchev–Trinajstić information content (AvgIpc) is 2.50. The van der Waals surface area contributed by atoms with Crippen LogP contribution in [0.1, 0.15) is 10.4 Å². The molecule has 0 saturated heterocycles. The predicted molar refractivity (Wildman–Crippen MR) is 80.0 cm³/mol. The number of esters is 1. The van der Waals surface area contributed by atoms with E-state index in [9.17, 15) is 17.6 Å².